The number of carbonyl (C=O) groups is 1. The van der Waals surface area contributed by atoms with Crippen LogP contribution in [0.4, 0.5) is 0 Å². The Labute approximate surface area is 155 Å². The van der Waals surface area contributed by atoms with E-state index in [1.807, 2.05) is 0 Å². The van der Waals surface area contributed by atoms with Crippen LogP contribution in [0.5, 0.6) is 0 Å². The molecular weight excluding hydrogens is 326 g/mol. The molecule has 0 fully saturated rings. The zero-order valence-corrected chi connectivity index (χ0v) is 16.0. The van der Waals surface area contributed by atoms with Crippen molar-refractivity contribution in [2.45, 2.75) is 56.9 Å². The number of aryl methyl sites for hydroxylation is 3. The summed E-state index contributed by atoms with van der Waals surface area (Å²) in [6, 6.07) is 15.3. The highest BCUT2D eigenvalue weighted by atomic mass is 32.2. The number of rotatable bonds is 6. The van der Waals surface area contributed by atoms with E-state index < -0.39 is 0 Å². The summed E-state index contributed by atoms with van der Waals surface area (Å²) < 4.78 is 0. The fourth-order valence-corrected chi connectivity index (χ4v) is 4.17. The second-order valence-electron chi connectivity index (χ2n) is 6.94. The third kappa shape index (κ3) is 5.12. The molecule has 0 spiro atoms. The number of nitrogens with one attached hydrogen (secondary N) is 1. The van der Waals surface area contributed by atoms with Crippen LogP contribution >= 0.6 is 11.8 Å². The van der Waals surface area contributed by atoms with Crippen LogP contribution in [0.3, 0.4) is 0 Å². The van der Waals surface area contributed by atoms with Crippen LogP contribution < -0.4 is 5.32 Å². The molecule has 3 heteroatoms. The van der Waals surface area contributed by atoms with Gasteiger partial charge in [-0.25, -0.2) is 0 Å². The van der Waals surface area contributed by atoms with Crippen LogP contribution in [-0.4, -0.2) is 11.7 Å². The molecule has 3 rings (SSSR count). The van der Waals surface area contributed by atoms with Crippen molar-refractivity contribution in [2.75, 3.05) is 5.75 Å². The van der Waals surface area contributed by atoms with Crippen LogP contribution in [0.1, 0.15) is 54.5 Å². The predicted molar refractivity (Wildman–Crippen MR) is 106 cm³/mol. The first-order valence-corrected chi connectivity index (χ1v) is 10.2. The quantitative estimate of drug-likeness (QED) is 0.720. The minimum atomic E-state index is 0.0732. The van der Waals surface area contributed by atoms with Crippen molar-refractivity contribution < 1.29 is 4.79 Å². The number of hydrogen-bond donors (Lipinski definition) is 1. The second kappa shape index (κ2) is 8.57. The van der Waals surface area contributed by atoms with E-state index in [-0.39, 0.29) is 11.9 Å². The minimum Gasteiger partial charge on any atom is -0.350 e. The van der Waals surface area contributed by atoms with E-state index in [1.54, 1.807) is 11.8 Å². The lowest BCUT2D eigenvalue weighted by molar-refractivity contribution is -0.121. The molecule has 1 atom stereocenters. The first-order chi connectivity index (χ1) is 12.1. The van der Waals surface area contributed by atoms with Gasteiger partial charge in [-0.2, -0.15) is 0 Å². The largest absolute Gasteiger partial charge is 0.350 e. The van der Waals surface area contributed by atoms with E-state index in [2.05, 4.69) is 61.6 Å². The Morgan fingerprint density at radius 1 is 1.08 bits per heavy atom. The Bertz CT molecular complexity index is 723. The summed E-state index contributed by atoms with van der Waals surface area (Å²) in [5.74, 6) is 0.941. The number of fused-ring (bicyclic) bond motifs is 1. The molecule has 0 aliphatic heterocycles. The van der Waals surface area contributed by atoms with Crippen LogP contribution in [-0.2, 0) is 17.6 Å². The summed E-state index contributed by atoms with van der Waals surface area (Å²) in [5.41, 5.74) is 5.45. The predicted octanol–water partition coefficient (Wildman–Crippen LogP) is 5.23. The molecule has 1 amide bonds. The molecule has 1 N–H and O–H groups in total. The maximum atomic E-state index is 12.2. The molecule has 0 radical (unpaired) electrons. The van der Waals surface area contributed by atoms with Gasteiger partial charge >= 0.3 is 0 Å². The lowest BCUT2D eigenvalue weighted by Crippen LogP contribution is -2.27. The summed E-state index contributed by atoms with van der Waals surface area (Å²) in [7, 11) is 0. The molecule has 2 aromatic rings. The molecule has 25 heavy (non-hydrogen) atoms. The molecule has 0 heterocycles. The molecule has 2 aromatic carbocycles. The Balaban J connectivity index is 1.48. The van der Waals surface area contributed by atoms with Gasteiger partial charge in [-0.05, 0) is 68.4 Å². The van der Waals surface area contributed by atoms with Gasteiger partial charge in [0, 0.05) is 17.1 Å². The van der Waals surface area contributed by atoms with Gasteiger partial charge < -0.3 is 5.32 Å². The second-order valence-corrected chi connectivity index (χ2v) is 8.10. The van der Waals surface area contributed by atoms with Crippen LogP contribution in [0, 0.1) is 6.92 Å². The van der Waals surface area contributed by atoms with E-state index in [1.165, 1.54) is 52.8 Å². The number of thioether (sulfide) groups is 1. The van der Waals surface area contributed by atoms with E-state index in [0.29, 0.717) is 6.42 Å². The normalized spacial score (nSPS) is 14.6. The topological polar surface area (TPSA) is 29.1 Å². The van der Waals surface area contributed by atoms with E-state index in [0.717, 1.165) is 5.75 Å². The standard InChI is InChI=1S/C22H27NOS/c1-16-7-11-21(12-8-16)25-14-13-22(24)23-17(2)19-10-9-18-5-3-4-6-20(18)15-19/h7-12,15,17H,3-6,13-14H2,1-2H3,(H,23,24)/t17-/m0/s1. The number of amides is 1. The van der Waals surface area contributed by atoms with Gasteiger partial charge in [0.2, 0.25) is 5.91 Å². The Morgan fingerprint density at radius 2 is 1.80 bits per heavy atom. The smallest absolute Gasteiger partial charge is 0.221 e. The summed E-state index contributed by atoms with van der Waals surface area (Å²) >= 11 is 1.74. The van der Waals surface area contributed by atoms with E-state index >= 15 is 0 Å². The summed E-state index contributed by atoms with van der Waals surface area (Å²) in [5, 5.41) is 3.15. The van der Waals surface area contributed by atoms with Crippen LogP contribution in [0.2, 0.25) is 0 Å². The van der Waals surface area contributed by atoms with Crippen molar-refractivity contribution >= 4 is 17.7 Å². The summed E-state index contributed by atoms with van der Waals surface area (Å²) in [4.78, 5) is 13.5. The summed E-state index contributed by atoms with van der Waals surface area (Å²) in [6.07, 6.45) is 5.52. The van der Waals surface area contributed by atoms with Gasteiger partial charge in [0.1, 0.15) is 0 Å². The van der Waals surface area contributed by atoms with Crippen LogP contribution in [0.25, 0.3) is 0 Å². The number of benzene rings is 2. The number of hydrogen-bond acceptors (Lipinski definition) is 2. The van der Waals surface area contributed by atoms with Gasteiger partial charge in [-0.1, -0.05) is 35.9 Å². The van der Waals surface area contributed by atoms with E-state index in [9.17, 15) is 4.79 Å². The average molecular weight is 354 g/mol. The SMILES string of the molecule is Cc1ccc(SCCC(=O)N[C@@H](C)c2ccc3c(c2)CCCC3)cc1. The molecule has 2 nitrogen and oxygen atoms in total. The fourth-order valence-electron chi connectivity index (χ4n) is 3.32. The van der Waals surface area contributed by atoms with Crippen molar-refractivity contribution in [3.63, 3.8) is 0 Å². The highest BCUT2D eigenvalue weighted by Gasteiger charge is 2.14. The van der Waals surface area contributed by atoms with Gasteiger partial charge in [0.05, 0.1) is 6.04 Å². The van der Waals surface area contributed by atoms with Crippen molar-refractivity contribution in [2.24, 2.45) is 0 Å². The van der Waals surface area contributed by atoms with Crippen molar-refractivity contribution in [1.82, 2.24) is 5.32 Å². The molecule has 132 valence electrons. The molecule has 0 unspecified atom stereocenters. The zero-order valence-electron chi connectivity index (χ0n) is 15.2. The summed E-state index contributed by atoms with van der Waals surface area (Å²) in [6.45, 7) is 4.17. The van der Waals surface area contributed by atoms with Crippen molar-refractivity contribution in [3.05, 3.63) is 64.7 Å². The van der Waals surface area contributed by atoms with Crippen molar-refractivity contribution in [3.8, 4) is 0 Å². The Kier molecular flexibility index (Phi) is 6.19. The maximum absolute atomic E-state index is 12.2. The van der Waals surface area contributed by atoms with Gasteiger partial charge in [-0.3, -0.25) is 4.79 Å². The monoisotopic (exact) mass is 353 g/mol. The lowest BCUT2D eigenvalue weighted by Gasteiger charge is -2.20. The highest BCUT2D eigenvalue weighted by molar-refractivity contribution is 7.99. The van der Waals surface area contributed by atoms with Gasteiger partial charge in [0.25, 0.3) is 0 Å². The lowest BCUT2D eigenvalue weighted by atomic mass is 9.89. The molecule has 0 aromatic heterocycles. The van der Waals surface area contributed by atoms with Gasteiger partial charge in [0.15, 0.2) is 0 Å². The first kappa shape index (κ1) is 18.1. The Hall–Kier alpha value is -1.74. The third-order valence-electron chi connectivity index (χ3n) is 4.87. The fraction of sp³-hybridized carbons (Fsp3) is 0.409. The van der Waals surface area contributed by atoms with Gasteiger partial charge in [-0.15, -0.1) is 11.8 Å². The first-order valence-electron chi connectivity index (χ1n) is 9.22. The molecule has 1 aliphatic rings. The molecule has 0 saturated carbocycles. The molecular formula is C22H27NOS. The number of carbonyl (C=O) groups excluding carboxylic acids is 1. The maximum Gasteiger partial charge on any atom is 0.221 e. The van der Waals surface area contributed by atoms with Crippen LogP contribution in [0.15, 0.2) is 47.4 Å². The highest BCUT2D eigenvalue weighted by Crippen LogP contribution is 2.25. The molecule has 0 bridgehead atoms. The molecule has 0 saturated heterocycles. The van der Waals surface area contributed by atoms with Crippen molar-refractivity contribution in [1.29, 1.82) is 0 Å². The average Bonchev–Trinajstić information content (AvgIpc) is 2.63. The van der Waals surface area contributed by atoms with E-state index in [4.69, 9.17) is 0 Å². The molecule has 1 aliphatic carbocycles. The zero-order chi connectivity index (χ0) is 17.6. The third-order valence-corrected chi connectivity index (χ3v) is 5.88. The minimum absolute atomic E-state index is 0.0732. The Morgan fingerprint density at radius 3 is 2.56 bits per heavy atom.